The minimum absolute atomic E-state index is 0.104. The molecule has 0 amide bonds. The normalized spacial score (nSPS) is 11.2. The van der Waals surface area contributed by atoms with Gasteiger partial charge >= 0.3 is 0 Å². The third-order valence-corrected chi connectivity index (χ3v) is 5.08. The summed E-state index contributed by atoms with van der Waals surface area (Å²) in [4.78, 5) is 22.6. The zero-order chi connectivity index (χ0) is 16.7. The Labute approximate surface area is 146 Å². The molecule has 0 radical (unpaired) electrons. The van der Waals surface area contributed by atoms with Crippen molar-refractivity contribution in [1.82, 2.24) is 14.5 Å². The highest BCUT2D eigenvalue weighted by Crippen LogP contribution is 2.34. The molecule has 0 aliphatic heterocycles. The zero-order valence-electron chi connectivity index (χ0n) is 12.8. The van der Waals surface area contributed by atoms with Gasteiger partial charge in [0.25, 0.3) is 5.56 Å². The van der Waals surface area contributed by atoms with Crippen molar-refractivity contribution >= 4 is 49.1 Å². The van der Waals surface area contributed by atoms with Crippen molar-refractivity contribution in [3.8, 4) is 5.69 Å². The van der Waals surface area contributed by atoms with Crippen molar-refractivity contribution in [3.05, 3.63) is 58.2 Å². The summed E-state index contributed by atoms with van der Waals surface area (Å²) in [5, 5.41) is 4.83. The summed E-state index contributed by atoms with van der Waals surface area (Å²) in [5.41, 5.74) is 2.27. The van der Waals surface area contributed by atoms with Gasteiger partial charge in [0.15, 0.2) is 0 Å². The van der Waals surface area contributed by atoms with Crippen molar-refractivity contribution in [2.75, 3.05) is 11.9 Å². The summed E-state index contributed by atoms with van der Waals surface area (Å²) >= 11 is 7.29. The van der Waals surface area contributed by atoms with Gasteiger partial charge in [-0.2, -0.15) is 0 Å². The van der Waals surface area contributed by atoms with Crippen LogP contribution in [-0.4, -0.2) is 21.1 Å². The van der Waals surface area contributed by atoms with Crippen molar-refractivity contribution in [1.29, 1.82) is 0 Å². The quantitative estimate of drug-likeness (QED) is 0.601. The highest BCUT2D eigenvalue weighted by Gasteiger charge is 2.15. The SMILES string of the molecule is CCNc1ccnc2sc3c(=O)n(-c4ccc(Cl)cc4)cnc3c12. The van der Waals surface area contributed by atoms with Gasteiger partial charge in [-0.25, -0.2) is 9.97 Å². The van der Waals surface area contributed by atoms with E-state index >= 15 is 0 Å². The summed E-state index contributed by atoms with van der Waals surface area (Å²) < 4.78 is 2.13. The zero-order valence-corrected chi connectivity index (χ0v) is 14.4. The molecule has 3 heterocycles. The fraction of sp³-hybridized carbons (Fsp3) is 0.118. The molecule has 0 saturated heterocycles. The molecule has 3 aromatic heterocycles. The van der Waals surface area contributed by atoms with Crippen molar-refractivity contribution in [3.63, 3.8) is 0 Å². The lowest BCUT2D eigenvalue weighted by Crippen LogP contribution is -2.17. The van der Waals surface area contributed by atoms with Crippen LogP contribution < -0.4 is 10.9 Å². The molecule has 0 unspecified atom stereocenters. The summed E-state index contributed by atoms with van der Waals surface area (Å²) in [6.45, 7) is 2.82. The van der Waals surface area contributed by atoms with E-state index in [4.69, 9.17) is 11.6 Å². The highest BCUT2D eigenvalue weighted by atomic mass is 35.5. The molecule has 24 heavy (non-hydrogen) atoms. The second-order valence-corrected chi connectivity index (χ2v) is 6.68. The molecule has 0 bridgehead atoms. The molecular formula is C17H13ClN4OS. The number of rotatable bonds is 3. The number of thiophene rings is 1. The van der Waals surface area contributed by atoms with E-state index in [0.29, 0.717) is 15.2 Å². The Morgan fingerprint density at radius 1 is 1.21 bits per heavy atom. The van der Waals surface area contributed by atoms with Crippen LogP contribution in [0.4, 0.5) is 5.69 Å². The molecule has 0 saturated carbocycles. The number of benzene rings is 1. The first-order valence-electron chi connectivity index (χ1n) is 7.47. The Balaban J connectivity index is 2.00. The summed E-state index contributed by atoms with van der Waals surface area (Å²) in [7, 11) is 0. The smallest absolute Gasteiger partial charge is 0.275 e. The molecule has 0 aliphatic carbocycles. The third-order valence-electron chi connectivity index (χ3n) is 3.75. The maximum absolute atomic E-state index is 12.9. The van der Waals surface area contributed by atoms with Crippen LogP contribution in [0.15, 0.2) is 47.7 Å². The van der Waals surface area contributed by atoms with Crippen LogP contribution in [0.2, 0.25) is 5.02 Å². The number of fused-ring (bicyclic) bond motifs is 3. The second-order valence-electron chi connectivity index (χ2n) is 5.24. The summed E-state index contributed by atoms with van der Waals surface area (Å²) in [6.07, 6.45) is 3.30. The molecule has 0 fully saturated rings. The molecule has 7 heteroatoms. The lowest BCUT2D eigenvalue weighted by atomic mass is 10.2. The fourth-order valence-electron chi connectivity index (χ4n) is 2.68. The minimum Gasteiger partial charge on any atom is -0.385 e. The predicted molar refractivity (Wildman–Crippen MR) is 99.7 cm³/mol. The van der Waals surface area contributed by atoms with Crippen LogP contribution in [0.5, 0.6) is 0 Å². The number of anilines is 1. The Morgan fingerprint density at radius 3 is 2.75 bits per heavy atom. The number of aromatic nitrogens is 3. The van der Waals surface area contributed by atoms with Gasteiger partial charge in [0.2, 0.25) is 0 Å². The fourth-order valence-corrected chi connectivity index (χ4v) is 3.85. The predicted octanol–water partition coefficient (Wildman–Crippen LogP) is 4.08. The van der Waals surface area contributed by atoms with Crippen LogP contribution in [0.1, 0.15) is 6.92 Å². The number of hydrogen-bond donors (Lipinski definition) is 1. The maximum Gasteiger partial charge on any atom is 0.275 e. The highest BCUT2D eigenvalue weighted by molar-refractivity contribution is 7.25. The van der Waals surface area contributed by atoms with Crippen LogP contribution in [0, 0.1) is 0 Å². The number of pyridine rings is 1. The number of nitrogens with zero attached hydrogens (tertiary/aromatic N) is 3. The molecular weight excluding hydrogens is 344 g/mol. The Bertz CT molecular complexity index is 1100. The molecule has 120 valence electrons. The van der Waals surface area contributed by atoms with Gasteiger partial charge in [-0.1, -0.05) is 11.6 Å². The monoisotopic (exact) mass is 356 g/mol. The molecule has 4 aromatic rings. The number of halogens is 1. The van der Waals surface area contributed by atoms with Crippen molar-refractivity contribution in [2.24, 2.45) is 0 Å². The Kier molecular flexibility index (Phi) is 3.70. The Morgan fingerprint density at radius 2 is 2.00 bits per heavy atom. The molecule has 0 atom stereocenters. The molecule has 1 aromatic carbocycles. The van der Waals surface area contributed by atoms with E-state index in [1.165, 1.54) is 15.9 Å². The van der Waals surface area contributed by atoms with E-state index in [1.807, 2.05) is 13.0 Å². The van der Waals surface area contributed by atoms with Crippen LogP contribution in [-0.2, 0) is 0 Å². The van der Waals surface area contributed by atoms with Gasteiger partial charge in [0.05, 0.1) is 16.6 Å². The largest absolute Gasteiger partial charge is 0.385 e. The second kappa shape index (κ2) is 5.89. The first kappa shape index (κ1) is 15.1. The molecule has 4 rings (SSSR count). The van der Waals surface area contributed by atoms with Gasteiger partial charge in [0, 0.05) is 23.5 Å². The molecule has 5 nitrogen and oxygen atoms in total. The lowest BCUT2D eigenvalue weighted by Gasteiger charge is -2.06. The lowest BCUT2D eigenvalue weighted by molar-refractivity contribution is 0.968. The maximum atomic E-state index is 12.9. The van der Waals surface area contributed by atoms with Crippen molar-refractivity contribution in [2.45, 2.75) is 6.92 Å². The summed E-state index contributed by atoms with van der Waals surface area (Å²) in [6, 6.07) is 9.01. The van der Waals surface area contributed by atoms with E-state index in [0.717, 1.165) is 28.1 Å². The van der Waals surface area contributed by atoms with E-state index in [2.05, 4.69) is 15.3 Å². The summed E-state index contributed by atoms with van der Waals surface area (Å²) in [5.74, 6) is 0. The van der Waals surface area contributed by atoms with Gasteiger partial charge in [-0.05, 0) is 37.3 Å². The van der Waals surface area contributed by atoms with Gasteiger partial charge in [-0.15, -0.1) is 11.3 Å². The van der Waals surface area contributed by atoms with Crippen molar-refractivity contribution < 1.29 is 0 Å². The average molecular weight is 357 g/mol. The Hall–Kier alpha value is -2.44. The van der Waals surface area contributed by atoms with E-state index in [1.54, 1.807) is 36.8 Å². The van der Waals surface area contributed by atoms with Gasteiger partial charge in [0.1, 0.15) is 15.9 Å². The van der Waals surface area contributed by atoms with Crippen LogP contribution in [0.25, 0.3) is 26.1 Å². The minimum atomic E-state index is -0.104. The van der Waals surface area contributed by atoms with E-state index < -0.39 is 0 Å². The molecule has 0 spiro atoms. The van der Waals surface area contributed by atoms with Crippen LogP contribution >= 0.6 is 22.9 Å². The van der Waals surface area contributed by atoms with E-state index in [-0.39, 0.29) is 5.56 Å². The molecule has 1 N–H and O–H groups in total. The topological polar surface area (TPSA) is 59.8 Å². The van der Waals surface area contributed by atoms with E-state index in [9.17, 15) is 4.79 Å². The third kappa shape index (κ3) is 2.35. The number of hydrogen-bond acceptors (Lipinski definition) is 5. The standard InChI is InChI=1S/C17H13ClN4OS/c1-2-19-12-7-8-20-16-13(12)14-15(24-16)17(23)22(9-21-14)11-5-3-10(18)4-6-11/h3-9H,2H2,1H3,(H,19,20). The van der Waals surface area contributed by atoms with Gasteiger partial charge < -0.3 is 5.32 Å². The molecule has 0 aliphatic rings. The van der Waals surface area contributed by atoms with Gasteiger partial charge in [-0.3, -0.25) is 9.36 Å². The average Bonchev–Trinajstić information content (AvgIpc) is 2.97. The van der Waals surface area contributed by atoms with Crippen LogP contribution in [0.3, 0.4) is 0 Å². The first-order chi connectivity index (χ1) is 11.7. The number of nitrogens with one attached hydrogen (secondary N) is 1. The first-order valence-corrected chi connectivity index (χ1v) is 8.67.